The van der Waals surface area contributed by atoms with Crippen LogP contribution in [0.15, 0.2) is 72.8 Å². The average Bonchev–Trinajstić information content (AvgIpc) is 3.13. The van der Waals surface area contributed by atoms with Gasteiger partial charge < -0.3 is 20.2 Å². The number of rotatable bonds is 3. The lowest BCUT2D eigenvalue weighted by Gasteiger charge is -2.29. The molecule has 3 aromatic carbocycles. The Balaban J connectivity index is 1.67. The Morgan fingerprint density at radius 3 is 2.48 bits per heavy atom. The van der Waals surface area contributed by atoms with Crippen LogP contribution in [0.2, 0.25) is 5.02 Å². The first-order chi connectivity index (χ1) is 14.1. The van der Waals surface area contributed by atoms with E-state index in [2.05, 4.69) is 34.6 Å². The fourth-order valence-corrected chi connectivity index (χ4v) is 4.75. The molecule has 0 radical (unpaired) electrons. The number of aromatic amines is 1. The van der Waals surface area contributed by atoms with Gasteiger partial charge in [-0.15, -0.1) is 0 Å². The van der Waals surface area contributed by atoms with Crippen molar-refractivity contribution in [3.8, 4) is 0 Å². The molecule has 1 aliphatic heterocycles. The zero-order chi connectivity index (χ0) is 20.0. The first-order valence-electron chi connectivity index (χ1n) is 9.63. The van der Waals surface area contributed by atoms with Crippen molar-refractivity contribution in [2.24, 2.45) is 0 Å². The molecule has 0 fully saturated rings. The van der Waals surface area contributed by atoms with Crippen LogP contribution in [0.4, 0.5) is 0 Å². The molecule has 4 aromatic rings. The van der Waals surface area contributed by atoms with E-state index in [1.54, 1.807) is 12.1 Å². The summed E-state index contributed by atoms with van der Waals surface area (Å²) in [5.74, 6) is -0.983. The number of nitrogens with one attached hydrogen (secondary N) is 1. The zero-order valence-electron chi connectivity index (χ0n) is 15.6. The highest BCUT2D eigenvalue weighted by molar-refractivity contribution is 6.31. The molecule has 0 spiro atoms. The summed E-state index contributed by atoms with van der Waals surface area (Å²) < 4.78 is 0. The SMILES string of the molecule is O=C([O-])c1ccc([C@H]2[NH2+]C[C@@H](c3ccccc3Cl)c3c2[nH]c2ccccc32)cc1. The largest absolute Gasteiger partial charge is 0.545 e. The van der Waals surface area contributed by atoms with Gasteiger partial charge in [0.2, 0.25) is 0 Å². The lowest BCUT2D eigenvalue weighted by Crippen LogP contribution is -2.88. The molecule has 5 rings (SSSR count). The number of hydrogen-bond donors (Lipinski definition) is 2. The van der Waals surface area contributed by atoms with Crippen molar-refractivity contribution in [3.63, 3.8) is 0 Å². The van der Waals surface area contributed by atoms with E-state index in [0.717, 1.165) is 33.9 Å². The molecular weight excluding hydrogens is 384 g/mol. The van der Waals surface area contributed by atoms with Crippen LogP contribution < -0.4 is 10.4 Å². The summed E-state index contributed by atoms with van der Waals surface area (Å²) in [5.41, 5.74) is 5.88. The number of nitrogens with two attached hydrogens (primary N) is 1. The van der Waals surface area contributed by atoms with E-state index in [4.69, 9.17) is 11.6 Å². The number of H-pyrrole nitrogens is 1. The Hall–Kier alpha value is -3.08. The van der Waals surface area contributed by atoms with Gasteiger partial charge in [0.05, 0.1) is 24.1 Å². The predicted molar refractivity (Wildman–Crippen MR) is 111 cm³/mol. The molecular formula is C24H19ClN2O2. The van der Waals surface area contributed by atoms with E-state index in [1.165, 1.54) is 10.9 Å². The van der Waals surface area contributed by atoms with Crippen molar-refractivity contribution in [1.29, 1.82) is 0 Å². The average molecular weight is 403 g/mol. The second kappa shape index (κ2) is 7.07. The highest BCUT2D eigenvalue weighted by atomic mass is 35.5. The molecule has 3 N–H and O–H groups in total. The number of carbonyl (C=O) groups is 1. The number of quaternary nitrogens is 1. The quantitative estimate of drug-likeness (QED) is 0.553. The number of fused-ring (bicyclic) bond motifs is 3. The van der Waals surface area contributed by atoms with Crippen LogP contribution in [0.1, 0.15) is 44.7 Å². The molecule has 29 heavy (non-hydrogen) atoms. The third-order valence-corrected chi connectivity index (χ3v) is 6.17. The lowest BCUT2D eigenvalue weighted by molar-refractivity contribution is -0.692. The molecule has 1 aliphatic rings. The lowest BCUT2D eigenvalue weighted by atomic mass is 9.83. The maximum absolute atomic E-state index is 11.1. The van der Waals surface area contributed by atoms with E-state index in [-0.39, 0.29) is 17.5 Å². The molecule has 5 heteroatoms. The Bertz CT molecular complexity index is 1210. The molecule has 1 aromatic heterocycles. The van der Waals surface area contributed by atoms with Gasteiger partial charge in [-0.2, -0.15) is 0 Å². The van der Waals surface area contributed by atoms with Crippen LogP contribution in [0.25, 0.3) is 10.9 Å². The molecule has 0 saturated carbocycles. The zero-order valence-corrected chi connectivity index (χ0v) is 16.3. The first-order valence-corrected chi connectivity index (χ1v) is 10.0. The molecule has 2 atom stereocenters. The molecule has 0 saturated heterocycles. The van der Waals surface area contributed by atoms with Crippen molar-refractivity contribution in [3.05, 3.63) is 106 Å². The molecule has 0 aliphatic carbocycles. The Morgan fingerprint density at radius 2 is 1.72 bits per heavy atom. The van der Waals surface area contributed by atoms with Crippen molar-refractivity contribution >= 4 is 28.5 Å². The first kappa shape index (κ1) is 18.0. The molecule has 2 heterocycles. The summed E-state index contributed by atoms with van der Waals surface area (Å²) in [5, 5.41) is 15.4. The maximum Gasteiger partial charge on any atom is 0.153 e. The number of carboxylic acid groups (broad SMARTS) is 1. The minimum absolute atomic E-state index is 0.0620. The number of para-hydroxylation sites is 1. The summed E-state index contributed by atoms with van der Waals surface area (Å²) >= 11 is 6.56. The van der Waals surface area contributed by atoms with Crippen LogP contribution in [-0.4, -0.2) is 17.5 Å². The summed E-state index contributed by atoms with van der Waals surface area (Å²) in [6, 6.07) is 23.4. The maximum atomic E-state index is 11.1. The minimum atomic E-state index is -1.16. The van der Waals surface area contributed by atoms with Gasteiger partial charge in [0.25, 0.3) is 0 Å². The number of aromatic carboxylic acids is 1. The van der Waals surface area contributed by atoms with Crippen molar-refractivity contribution in [2.45, 2.75) is 12.0 Å². The van der Waals surface area contributed by atoms with E-state index in [1.807, 2.05) is 36.4 Å². The second-order valence-corrected chi connectivity index (χ2v) is 7.84. The number of carbonyl (C=O) groups excluding carboxylic acids is 1. The van der Waals surface area contributed by atoms with Crippen molar-refractivity contribution in [2.75, 3.05) is 6.54 Å². The van der Waals surface area contributed by atoms with Crippen LogP contribution >= 0.6 is 11.6 Å². The number of benzene rings is 3. The summed E-state index contributed by atoms with van der Waals surface area (Å²) in [7, 11) is 0. The normalized spacial score (nSPS) is 18.5. The van der Waals surface area contributed by atoms with Crippen LogP contribution in [0.5, 0.6) is 0 Å². The highest BCUT2D eigenvalue weighted by Gasteiger charge is 2.36. The van der Waals surface area contributed by atoms with E-state index in [0.29, 0.717) is 0 Å². The fourth-order valence-electron chi connectivity index (χ4n) is 4.48. The van der Waals surface area contributed by atoms with Gasteiger partial charge in [0.15, 0.2) is 6.04 Å². The summed E-state index contributed by atoms with van der Waals surface area (Å²) in [6.07, 6.45) is 0. The van der Waals surface area contributed by atoms with Gasteiger partial charge in [-0.1, -0.05) is 72.3 Å². The third-order valence-electron chi connectivity index (χ3n) is 5.83. The number of hydrogen-bond acceptors (Lipinski definition) is 2. The monoisotopic (exact) mass is 402 g/mol. The summed E-state index contributed by atoms with van der Waals surface area (Å²) in [6.45, 7) is 0.853. The van der Waals surface area contributed by atoms with Crippen LogP contribution in [0, 0.1) is 0 Å². The number of carboxylic acids is 1. The Labute approximate surface area is 173 Å². The predicted octanol–water partition coefficient (Wildman–Crippen LogP) is 2.98. The molecule has 4 nitrogen and oxygen atoms in total. The number of halogens is 1. The fraction of sp³-hybridized carbons (Fsp3) is 0.125. The minimum Gasteiger partial charge on any atom is -0.545 e. The van der Waals surface area contributed by atoms with E-state index >= 15 is 0 Å². The Kier molecular flexibility index (Phi) is 4.38. The molecule has 144 valence electrons. The van der Waals surface area contributed by atoms with Crippen LogP contribution in [0.3, 0.4) is 0 Å². The van der Waals surface area contributed by atoms with Gasteiger partial charge in [0.1, 0.15) is 0 Å². The van der Waals surface area contributed by atoms with Crippen molar-refractivity contribution < 1.29 is 15.2 Å². The summed E-state index contributed by atoms with van der Waals surface area (Å²) in [4.78, 5) is 14.7. The number of aromatic nitrogens is 1. The third kappa shape index (κ3) is 3.01. The van der Waals surface area contributed by atoms with Crippen LogP contribution in [-0.2, 0) is 0 Å². The smallest absolute Gasteiger partial charge is 0.153 e. The highest BCUT2D eigenvalue weighted by Crippen LogP contribution is 2.40. The van der Waals surface area contributed by atoms with Gasteiger partial charge in [-0.3, -0.25) is 0 Å². The molecule has 0 amide bonds. The second-order valence-electron chi connectivity index (χ2n) is 7.43. The van der Waals surface area contributed by atoms with E-state index < -0.39 is 5.97 Å². The standard InChI is InChI=1S/C24H19ClN2O2/c25-19-7-3-1-5-16(19)18-13-26-22(14-9-11-15(12-10-14)24(28)29)23-21(18)17-6-2-4-8-20(17)27-23/h1-12,18,22,26-27H,13H2,(H,28,29)/t18-,22+/m0/s1. The van der Waals surface area contributed by atoms with E-state index in [9.17, 15) is 9.90 Å². The van der Waals surface area contributed by atoms with Gasteiger partial charge in [-0.25, -0.2) is 0 Å². The van der Waals surface area contributed by atoms with Gasteiger partial charge in [0, 0.05) is 27.1 Å². The van der Waals surface area contributed by atoms with Gasteiger partial charge >= 0.3 is 0 Å². The van der Waals surface area contributed by atoms with Crippen molar-refractivity contribution in [1.82, 2.24) is 4.98 Å². The van der Waals surface area contributed by atoms with Gasteiger partial charge in [-0.05, 0) is 23.3 Å². The Morgan fingerprint density at radius 1 is 1.00 bits per heavy atom. The molecule has 0 unspecified atom stereocenters. The molecule has 0 bridgehead atoms. The topological polar surface area (TPSA) is 72.5 Å².